The van der Waals surface area contributed by atoms with E-state index in [9.17, 15) is 4.79 Å². The Hall–Kier alpha value is -1.76. The van der Waals surface area contributed by atoms with Gasteiger partial charge in [0.1, 0.15) is 5.60 Å². The molecule has 0 atom stereocenters. The minimum Gasteiger partial charge on any atom is -0.444 e. The number of nitrogens with one attached hydrogen (secondary N) is 1. The highest BCUT2D eigenvalue weighted by atomic mass is 32.1. The summed E-state index contributed by atoms with van der Waals surface area (Å²) >= 11 is 1.73. The summed E-state index contributed by atoms with van der Waals surface area (Å²) in [7, 11) is 0. The first-order valence-electron chi connectivity index (χ1n) is 8.41. The molecule has 24 heavy (non-hydrogen) atoms. The third-order valence-corrected chi connectivity index (χ3v) is 4.43. The first-order valence-corrected chi connectivity index (χ1v) is 9.29. The Kier molecular flexibility index (Phi) is 6.48. The molecule has 1 heterocycles. The molecule has 1 amide bonds. The number of guanidine groups is 1. The summed E-state index contributed by atoms with van der Waals surface area (Å²) in [5, 5.41) is 5.13. The van der Waals surface area contributed by atoms with Crippen molar-refractivity contribution in [2.24, 2.45) is 10.7 Å². The second-order valence-electron chi connectivity index (χ2n) is 6.93. The fourth-order valence-electron chi connectivity index (χ4n) is 2.23. The van der Waals surface area contributed by atoms with Crippen LogP contribution in [0.3, 0.4) is 0 Å². The maximum Gasteiger partial charge on any atom is 0.410 e. The molecule has 2 rings (SSSR count). The largest absolute Gasteiger partial charge is 0.444 e. The fourth-order valence-corrected chi connectivity index (χ4v) is 2.93. The van der Waals surface area contributed by atoms with Crippen molar-refractivity contribution < 1.29 is 9.53 Å². The molecular formula is C17H28N4O2S. The summed E-state index contributed by atoms with van der Waals surface area (Å²) in [4.78, 5) is 19.6. The number of ether oxygens (including phenoxy) is 1. The third kappa shape index (κ3) is 6.78. The maximum absolute atomic E-state index is 12.2. The Bertz CT molecular complexity index is 547. The fraction of sp³-hybridized carbons (Fsp3) is 0.647. The van der Waals surface area contributed by atoms with Gasteiger partial charge in [-0.15, -0.1) is 11.3 Å². The van der Waals surface area contributed by atoms with Gasteiger partial charge in [-0.05, 0) is 45.1 Å². The number of hydrogen-bond donors (Lipinski definition) is 2. The molecular weight excluding hydrogens is 324 g/mol. The summed E-state index contributed by atoms with van der Waals surface area (Å²) < 4.78 is 5.46. The van der Waals surface area contributed by atoms with Gasteiger partial charge in [0, 0.05) is 37.0 Å². The average molecular weight is 353 g/mol. The molecule has 0 saturated heterocycles. The van der Waals surface area contributed by atoms with E-state index in [2.05, 4.69) is 21.8 Å². The number of carbonyl (C=O) groups is 1. The van der Waals surface area contributed by atoms with Crippen LogP contribution >= 0.6 is 11.3 Å². The smallest absolute Gasteiger partial charge is 0.410 e. The monoisotopic (exact) mass is 352 g/mol. The van der Waals surface area contributed by atoms with Crippen molar-refractivity contribution in [1.82, 2.24) is 10.2 Å². The summed E-state index contributed by atoms with van der Waals surface area (Å²) in [6.45, 7) is 7.45. The van der Waals surface area contributed by atoms with Gasteiger partial charge in [-0.25, -0.2) is 4.79 Å². The van der Waals surface area contributed by atoms with Crippen LogP contribution in [0.5, 0.6) is 0 Å². The van der Waals surface area contributed by atoms with Crippen LogP contribution in [-0.2, 0) is 11.2 Å². The topological polar surface area (TPSA) is 80.0 Å². The van der Waals surface area contributed by atoms with E-state index in [0.717, 1.165) is 19.3 Å². The molecule has 0 aliphatic heterocycles. The number of nitrogens with zero attached hydrogens (tertiary/aromatic N) is 2. The van der Waals surface area contributed by atoms with Crippen molar-refractivity contribution in [1.29, 1.82) is 0 Å². The van der Waals surface area contributed by atoms with E-state index in [4.69, 9.17) is 10.5 Å². The zero-order chi connectivity index (χ0) is 17.6. The van der Waals surface area contributed by atoms with Crippen LogP contribution in [-0.4, -0.2) is 48.2 Å². The van der Waals surface area contributed by atoms with Crippen LogP contribution in [0, 0.1) is 0 Å². The van der Waals surface area contributed by atoms with Gasteiger partial charge in [-0.2, -0.15) is 0 Å². The Balaban J connectivity index is 1.71. The molecule has 1 aliphatic carbocycles. The summed E-state index contributed by atoms with van der Waals surface area (Å²) in [5.74, 6) is 0.423. The number of rotatable bonds is 7. The summed E-state index contributed by atoms with van der Waals surface area (Å²) in [5.41, 5.74) is 5.40. The Morgan fingerprint density at radius 2 is 2.25 bits per heavy atom. The van der Waals surface area contributed by atoms with Crippen molar-refractivity contribution in [3.63, 3.8) is 0 Å². The van der Waals surface area contributed by atoms with Crippen molar-refractivity contribution in [3.05, 3.63) is 22.4 Å². The lowest BCUT2D eigenvalue weighted by Crippen LogP contribution is -2.44. The predicted molar refractivity (Wildman–Crippen MR) is 98.5 cm³/mol. The lowest BCUT2D eigenvalue weighted by Gasteiger charge is -2.27. The van der Waals surface area contributed by atoms with Gasteiger partial charge in [0.25, 0.3) is 0 Å². The van der Waals surface area contributed by atoms with Gasteiger partial charge in [-0.3, -0.25) is 4.99 Å². The molecule has 6 nitrogen and oxygen atoms in total. The van der Waals surface area contributed by atoms with Crippen LogP contribution in [0.15, 0.2) is 22.5 Å². The van der Waals surface area contributed by atoms with Crippen LogP contribution in [0.2, 0.25) is 0 Å². The molecule has 0 radical (unpaired) electrons. The number of nitrogens with two attached hydrogens (primary N) is 1. The van der Waals surface area contributed by atoms with Gasteiger partial charge >= 0.3 is 6.09 Å². The highest BCUT2D eigenvalue weighted by molar-refractivity contribution is 7.09. The van der Waals surface area contributed by atoms with Crippen LogP contribution in [0.25, 0.3) is 0 Å². The van der Waals surface area contributed by atoms with Crippen LogP contribution in [0.4, 0.5) is 4.79 Å². The first kappa shape index (κ1) is 18.6. The first-order chi connectivity index (χ1) is 11.3. The molecule has 0 spiro atoms. The molecule has 1 fully saturated rings. The summed E-state index contributed by atoms with van der Waals surface area (Å²) in [6.07, 6.45) is 2.74. The molecule has 1 aromatic rings. The normalized spacial score (nSPS) is 15.2. The maximum atomic E-state index is 12.2. The van der Waals surface area contributed by atoms with E-state index < -0.39 is 5.60 Å². The highest BCUT2D eigenvalue weighted by Crippen LogP contribution is 2.27. The molecule has 1 aromatic heterocycles. The predicted octanol–water partition coefficient (Wildman–Crippen LogP) is 2.59. The lowest BCUT2D eigenvalue weighted by molar-refractivity contribution is 0.0238. The van der Waals surface area contributed by atoms with E-state index in [-0.39, 0.29) is 6.09 Å². The Labute approximate surface area is 148 Å². The molecule has 0 unspecified atom stereocenters. The molecule has 1 aliphatic rings. The van der Waals surface area contributed by atoms with Gasteiger partial charge in [0.2, 0.25) is 0 Å². The van der Waals surface area contributed by atoms with Gasteiger partial charge in [0.05, 0.1) is 0 Å². The number of amides is 1. The van der Waals surface area contributed by atoms with Crippen LogP contribution in [0.1, 0.15) is 38.5 Å². The van der Waals surface area contributed by atoms with E-state index in [0.29, 0.717) is 31.6 Å². The quantitative estimate of drug-likeness (QED) is 0.584. The molecule has 1 saturated carbocycles. The average Bonchev–Trinajstić information content (AvgIpc) is 3.18. The van der Waals surface area contributed by atoms with E-state index >= 15 is 0 Å². The lowest BCUT2D eigenvalue weighted by atomic mass is 10.2. The van der Waals surface area contributed by atoms with Crippen molar-refractivity contribution in [2.45, 2.75) is 51.7 Å². The third-order valence-electron chi connectivity index (χ3n) is 3.49. The van der Waals surface area contributed by atoms with Crippen molar-refractivity contribution in [2.75, 3.05) is 19.6 Å². The number of hydrogen-bond acceptors (Lipinski definition) is 4. The van der Waals surface area contributed by atoms with E-state index in [1.807, 2.05) is 26.8 Å². The van der Waals surface area contributed by atoms with Crippen molar-refractivity contribution >= 4 is 23.4 Å². The highest BCUT2D eigenvalue weighted by Gasteiger charge is 2.34. The second-order valence-corrected chi connectivity index (χ2v) is 7.96. The molecule has 3 N–H and O–H groups in total. The molecule has 0 bridgehead atoms. The SMILES string of the molecule is CC(C)(C)OC(=O)N(CCNC(N)=NCCc1cccs1)C1CC1. The minimum absolute atomic E-state index is 0.250. The van der Waals surface area contributed by atoms with Gasteiger partial charge in [0.15, 0.2) is 5.96 Å². The van der Waals surface area contributed by atoms with E-state index in [1.54, 1.807) is 16.2 Å². The standard InChI is InChI=1S/C17H28N4O2S/c1-17(2,3)23-16(22)21(13-6-7-13)11-10-20-15(18)19-9-8-14-5-4-12-24-14/h4-5,12-13H,6-11H2,1-3H3,(H3,18,19,20). The van der Waals surface area contributed by atoms with Crippen LogP contribution < -0.4 is 11.1 Å². The zero-order valence-electron chi connectivity index (χ0n) is 14.7. The van der Waals surface area contributed by atoms with Gasteiger partial charge < -0.3 is 20.7 Å². The Morgan fingerprint density at radius 3 is 2.83 bits per heavy atom. The second kappa shape index (κ2) is 8.37. The molecule has 134 valence electrons. The molecule has 0 aromatic carbocycles. The van der Waals surface area contributed by atoms with Crippen molar-refractivity contribution in [3.8, 4) is 0 Å². The minimum atomic E-state index is -0.472. The number of aliphatic imine (C=N–C) groups is 1. The number of thiophene rings is 1. The van der Waals surface area contributed by atoms with Gasteiger partial charge in [-0.1, -0.05) is 6.07 Å². The Morgan fingerprint density at radius 1 is 1.50 bits per heavy atom. The van der Waals surface area contributed by atoms with E-state index in [1.165, 1.54) is 4.88 Å². The number of carbonyl (C=O) groups excluding carboxylic acids is 1. The summed E-state index contributed by atoms with van der Waals surface area (Å²) in [6, 6.07) is 4.44. The molecule has 7 heteroatoms. The zero-order valence-corrected chi connectivity index (χ0v) is 15.6.